The number of ether oxygens (including phenoxy) is 1. The minimum atomic E-state index is -0.371. The predicted molar refractivity (Wildman–Crippen MR) is 102 cm³/mol. The SMILES string of the molecule is O=C(COc1ccc(Br)cc1)N/N=C\c1cc2ccccc2nc1Cl. The maximum absolute atomic E-state index is 11.8. The Morgan fingerprint density at radius 2 is 2.00 bits per heavy atom. The molecular weight excluding hydrogens is 406 g/mol. The van der Waals surface area contributed by atoms with E-state index in [9.17, 15) is 4.79 Å². The predicted octanol–water partition coefficient (Wildman–Crippen LogP) is 4.18. The lowest BCUT2D eigenvalue weighted by atomic mass is 10.2. The van der Waals surface area contributed by atoms with Gasteiger partial charge in [0.2, 0.25) is 0 Å². The smallest absolute Gasteiger partial charge is 0.277 e. The molecule has 0 aliphatic heterocycles. The molecule has 3 aromatic rings. The van der Waals surface area contributed by atoms with Gasteiger partial charge in [0.1, 0.15) is 10.9 Å². The molecule has 5 nitrogen and oxygen atoms in total. The lowest BCUT2D eigenvalue weighted by Gasteiger charge is -2.05. The van der Waals surface area contributed by atoms with E-state index < -0.39 is 0 Å². The molecule has 0 atom stereocenters. The number of hydrazone groups is 1. The van der Waals surface area contributed by atoms with Gasteiger partial charge in [-0.1, -0.05) is 45.7 Å². The van der Waals surface area contributed by atoms with Crippen LogP contribution in [0.25, 0.3) is 10.9 Å². The number of carbonyl (C=O) groups is 1. The van der Waals surface area contributed by atoms with Gasteiger partial charge in [0.05, 0.1) is 11.7 Å². The van der Waals surface area contributed by atoms with Crippen LogP contribution < -0.4 is 10.2 Å². The number of nitrogens with zero attached hydrogens (tertiary/aromatic N) is 2. The van der Waals surface area contributed by atoms with Gasteiger partial charge in [-0.2, -0.15) is 5.10 Å². The summed E-state index contributed by atoms with van der Waals surface area (Å²) in [6, 6.07) is 16.7. The minimum Gasteiger partial charge on any atom is -0.484 e. The van der Waals surface area contributed by atoms with Gasteiger partial charge in [0.25, 0.3) is 5.91 Å². The van der Waals surface area contributed by atoms with E-state index in [0.717, 1.165) is 15.4 Å². The van der Waals surface area contributed by atoms with Gasteiger partial charge in [0, 0.05) is 15.4 Å². The van der Waals surface area contributed by atoms with Crippen molar-refractivity contribution in [2.75, 3.05) is 6.61 Å². The molecule has 0 fully saturated rings. The van der Waals surface area contributed by atoms with Crippen molar-refractivity contribution in [3.63, 3.8) is 0 Å². The van der Waals surface area contributed by atoms with Crippen molar-refractivity contribution in [3.8, 4) is 5.75 Å². The summed E-state index contributed by atoms with van der Waals surface area (Å²) >= 11 is 9.46. The van der Waals surface area contributed by atoms with Crippen LogP contribution in [0, 0.1) is 0 Å². The van der Waals surface area contributed by atoms with Gasteiger partial charge in [-0.3, -0.25) is 4.79 Å². The molecule has 3 rings (SSSR count). The fourth-order valence-electron chi connectivity index (χ4n) is 2.09. The van der Waals surface area contributed by atoms with Crippen molar-refractivity contribution in [1.29, 1.82) is 0 Å². The molecule has 0 aliphatic carbocycles. The number of amides is 1. The molecule has 2 aromatic carbocycles. The van der Waals surface area contributed by atoms with E-state index in [-0.39, 0.29) is 12.5 Å². The summed E-state index contributed by atoms with van der Waals surface area (Å²) in [6.07, 6.45) is 1.46. The van der Waals surface area contributed by atoms with Crippen molar-refractivity contribution < 1.29 is 9.53 Å². The van der Waals surface area contributed by atoms with Gasteiger partial charge in [0.15, 0.2) is 6.61 Å². The average Bonchev–Trinajstić information content (AvgIpc) is 2.61. The molecule has 25 heavy (non-hydrogen) atoms. The second-order valence-electron chi connectivity index (χ2n) is 5.10. The highest BCUT2D eigenvalue weighted by atomic mass is 79.9. The molecule has 1 aromatic heterocycles. The minimum absolute atomic E-state index is 0.136. The van der Waals surface area contributed by atoms with Crippen LogP contribution in [-0.4, -0.2) is 23.7 Å². The molecule has 1 N–H and O–H groups in total. The number of hydrogen-bond acceptors (Lipinski definition) is 4. The molecule has 1 amide bonds. The summed E-state index contributed by atoms with van der Waals surface area (Å²) in [5.74, 6) is 0.230. The highest BCUT2D eigenvalue weighted by molar-refractivity contribution is 9.10. The van der Waals surface area contributed by atoms with Crippen molar-refractivity contribution in [2.24, 2.45) is 5.10 Å². The zero-order chi connectivity index (χ0) is 17.6. The zero-order valence-corrected chi connectivity index (χ0v) is 15.3. The maximum Gasteiger partial charge on any atom is 0.277 e. The number of fused-ring (bicyclic) bond motifs is 1. The van der Waals surface area contributed by atoms with Crippen LogP contribution in [0.3, 0.4) is 0 Å². The lowest BCUT2D eigenvalue weighted by Crippen LogP contribution is -2.24. The highest BCUT2D eigenvalue weighted by Crippen LogP contribution is 2.19. The molecule has 7 heteroatoms. The third-order valence-corrected chi connectivity index (χ3v) is 4.11. The quantitative estimate of drug-likeness (QED) is 0.384. The van der Waals surface area contributed by atoms with Crippen LogP contribution in [0.1, 0.15) is 5.56 Å². The third kappa shape index (κ3) is 4.78. The maximum atomic E-state index is 11.8. The normalized spacial score (nSPS) is 11.0. The van der Waals surface area contributed by atoms with E-state index in [4.69, 9.17) is 16.3 Å². The van der Waals surface area contributed by atoms with Crippen LogP contribution in [0.2, 0.25) is 5.15 Å². The van der Waals surface area contributed by atoms with Crippen molar-refractivity contribution in [1.82, 2.24) is 10.4 Å². The molecular formula is C18H13BrClN3O2. The summed E-state index contributed by atoms with van der Waals surface area (Å²) in [7, 11) is 0. The number of hydrogen-bond donors (Lipinski definition) is 1. The van der Waals surface area contributed by atoms with Crippen molar-refractivity contribution >= 4 is 50.6 Å². The van der Waals surface area contributed by atoms with E-state index in [2.05, 4.69) is 31.4 Å². The standard InChI is InChI=1S/C18H13BrClN3O2/c19-14-5-7-15(8-6-14)25-11-17(24)23-21-10-13-9-12-3-1-2-4-16(12)22-18(13)20/h1-10H,11H2,(H,23,24)/b21-10-. The summed E-state index contributed by atoms with van der Waals surface area (Å²) in [6.45, 7) is -0.136. The van der Waals surface area contributed by atoms with Gasteiger partial charge in [-0.25, -0.2) is 10.4 Å². The molecule has 0 spiro atoms. The molecule has 0 radical (unpaired) electrons. The monoisotopic (exact) mass is 417 g/mol. The van der Waals surface area contributed by atoms with E-state index in [1.54, 1.807) is 12.1 Å². The Labute approximate surface area is 157 Å². The van der Waals surface area contributed by atoms with Crippen molar-refractivity contribution in [3.05, 3.63) is 69.8 Å². The Morgan fingerprint density at radius 1 is 1.24 bits per heavy atom. The number of rotatable bonds is 5. The second-order valence-corrected chi connectivity index (χ2v) is 6.37. The van der Waals surface area contributed by atoms with E-state index in [1.165, 1.54) is 6.21 Å². The van der Waals surface area contributed by atoms with Gasteiger partial charge < -0.3 is 4.74 Å². The number of carbonyl (C=O) groups excluding carboxylic acids is 1. The fraction of sp³-hybridized carbons (Fsp3) is 0.0556. The van der Waals surface area contributed by atoms with E-state index in [1.807, 2.05) is 42.5 Å². The number of aromatic nitrogens is 1. The number of benzene rings is 2. The Kier molecular flexibility index (Phi) is 5.63. The van der Waals surface area contributed by atoms with Crippen LogP contribution >= 0.6 is 27.5 Å². The zero-order valence-electron chi connectivity index (χ0n) is 12.9. The average molecular weight is 419 g/mol. The first-order valence-corrected chi connectivity index (χ1v) is 8.54. The number of para-hydroxylation sites is 1. The molecule has 0 saturated heterocycles. The molecule has 126 valence electrons. The Morgan fingerprint density at radius 3 is 2.80 bits per heavy atom. The van der Waals surface area contributed by atoms with E-state index >= 15 is 0 Å². The van der Waals surface area contributed by atoms with Gasteiger partial charge in [-0.15, -0.1) is 0 Å². The van der Waals surface area contributed by atoms with Gasteiger partial charge in [-0.05, 0) is 36.4 Å². The molecule has 0 saturated carbocycles. The molecule has 0 unspecified atom stereocenters. The van der Waals surface area contributed by atoms with E-state index in [0.29, 0.717) is 16.5 Å². The van der Waals surface area contributed by atoms with Crippen LogP contribution in [0.15, 0.2) is 64.2 Å². The molecule has 1 heterocycles. The molecule has 0 bridgehead atoms. The summed E-state index contributed by atoms with van der Waals surface area (Å²) < 4.78 is 6.30. The summed E-state index contributed by atoms with van der Waals surface area (Å²) in [5, 5.41) is 5.16. The largest absolute Gasteiger partial charge is 0.484 e. The van der Waals surface area contributed by atoms with Gasteiger partial charge >= 0.3 is 0 Å². The molecule has 0 aliphatic rings. The second kappa shape index (κ2) is 8.09. The number of halogens is 2. The summed E-state index contributed by atoms with van der Waals surface area (Å²) in [5.41, 5.74) is 3.82. The first-order valence-electron chi connectivity index (χ1n) is 7.37. The number of nitrogens with one attached hydrogen (secondary N) is 1. The first kappa shape index (κ1) is 17.4. The lowest BCUT2D eigenvalue weighted by molar-refractivity contribution is -0.123. The van der Waals surface area contributed by atoms with Crippen LogP contribution in [0.4, 0.5) is 0 Å². The van der Waals surface area contributed by atoms with Crippen LogP contribution in [-0.2, 0) is 4.79 Å². The fourth-order valence-corrected chi connectivity index (χ4v) is 2.54. The van der Waals surface area contributed by atoms with Crippen LogP contribution in [0.5, 0.6) is 5.75 Å². The Bertz CT molecular complexity index is 929. The number of pyridine rings is 1. The highest BCUT2D eigenvalue weighted by Gasteiger charge is 2.04. The third-order valence-electron chi connectivity index (χ3n) is 3.28. The van der Waals surface area contributed by atoms with Crippen molar-refractivity contribution in [2.45, 2.75) is 0 Å². The topological polar surface area (TPSA) is 63.6 Å². The Hall–Kier alpha value is -2.44. The first-order chi connectivity index (χ1) is 12.1. The summed E-state index contributed by atoms with van der Waals surface area (Å²) in [4.78, 5) is 16.1. The Balaban J connectivity index is 1.58.